The monoisotopic (exact) mass is 319 g/mol. The minimum absolute atomic E-state index is 0.180. The summed E-state index contributed by atoms with van der Waals surface area (Å²) in [6, 6.07) is 8.37. The number of rotatable bonds is 6. The summed E-state index contributed by atoms with van der Waals surface area (Å²) in [5, 5.41) is 0. The van der Waals surface area contributed by atoms with E-state index in [1.807, 2.05) is 35.8 Å². The van der Waals surface area contributed by atoms with Gasteiger partial charge in [0.2, 0.25) is 0 Å². The summed E-state index contributed by atoms with van der Waals surface area (Å²) >= 11 is 0. The van der Waals surface area contributed by atoms with E-state index in [4.69, 9.17) is 4.74 Å². The first kappa shape index (κ1) is 17.6. The van der Waals surface area contributed by atoms with Crippen molar-refractivity contribution in [1.82, 2.24) is 14.7 Å². The molecule has 0 saturated carbocycles. The van der Waals surface area contributed by atoms with E-state index in [1.54, 1.807) is 7.11 Å². The van der Waals surface area contributed by atoms with E-state index in [2.05, 4.69) is 17.0 Å². The molecule has 0 N–H and O–H groups in total. The average Bonchev–Trinajstić information content (AvgIpc) is 2.61. The largest absolute Gasteiger partial charge is 0.496 e. The minimum atomic E-state index is 0.180. The zero-order valence-electron chi connectivity index (χ0n) is 14.6. The van der Waals surface area contributed by atoms with E-state index in [0.29, 0.717) is 0 Å². The second kappa shape index (κ2) is 8.77. The first-order chi connectivity index (χ1) is 11.2. The van der Waals surface area contributed by atoms with E-state index in [1.165, 1.54) is 5.56 Å². The highest BCUT2D eigenvalue weighted by atomic mass is 16.5. The second-order valence-electron chi connectivity index (χ2n) is 5.85. The summed E-state index contributed by atoms with van der Waals surface area (Å²) in [5.74, 6) is 0.961. The van der Waals surface area contributed by atoms with E-state index in [9.17, 15) is 4.79 Å². The van der Waals surface area contributed by atoms with Crippen molar-refractivity contribution in [3.05, 3.63) is 29.8 Å². The molecule has 1 aliphatic heterocycles. The third-order valence-electron chi connectivity index (χ3n) is 4.57. The SMILES string of the molecule is CCN(CC)C(=O)N1CCN(CCc2ccccc2OC)CC1. The minimum Gasteiger partial charge on any atom is -0.496 e. The van der Waals surface area contributed by atoms with Gasteiger partial charge in [0.15, 0.2) is 0 Å². The van der Waals surface area contributed by atoms with Crippen molar-refractivity contribution in [1.29, 1.82) is 0 Å². The Morgan fingerprint density at radius 2 is 1.78 bits per heavy atom. The van der Waals surface area contributed by atoms with Crippen molar-refractivity contribution in [2.75, 3.05) is 52.9 Å². The van der Waals surface area contributed by atoms with Crippen molar-refractivity contribution >= 4 is 6.03 Å². The van der Waals surface area contributed by atoms with Crippen LogP contribution >= 0.6 is 0 Å². The number of urea groups is 1. The molecule has 2 amide bonds. The second-order valence-corrected chi connectivity index (χ2v) is 5.85. The normalized spacial score (nSPS) is 15.5. The molecule has 0 spiro atoms. The third kappa shape index (κ3) is 4.61. The van der Waals surface area contributed by atoms with Gasteiger partial charge < -0.3 is 14.5 Å². The molecule has 0 radical (unpaired) electrons. The summed E-state index contributed by atoms with van der Waals surface area (Å²) in [6.07, 6.45) is 0.980. The lowest BCUT2D eigenvalue weighted by Gasteiger charge is -2.37. The maximum atomic E-state index is 12.3. The summed E-state index contributed by atoms with van der Waals surface area (Å²) in [6.45, 7) is 10.2. The lowest BCUT2D eigenvalue weighted by molar-refractivity contribution is 0.115. The van der Waals surface area contributed by atoms with E-state index in [-0.39, 0.29) is 6.03 Å². The molecule has 1 fully saturated rings. The number of methoxy groups -OCH3 is 1. The summed E-state index contributed by atoms with van der Waals surface area (Å²) < 4.78 is 5.41. The highest BCUT2D eigenvalue weighted by molar-refractivity contribution is 5.74. The molecule has 0 aromatic heterocycles. The molecule has 128 valence electrons. The highest BCUT2D eigenvalue weighted by Crippen LogP contribution is 2.18. The zero-order chi connectivity index (χ0) is 16.7. The van der Waals surface area contributed by atoms with Gasteiger partial charge in [-0.15, -0.1) is 0 Å². The van der Waals surface area contributed by atoms with E-state index >= 15 is 0 Å². The molecule has 1 aromatic carbocycles. The van der Waals surface area contributed by atoms with Gasteiger partial charge in [0.1, 0.15) is 5.75 Å². The highest BCUT2D eigenvalue weighted by Gasteiger charge is 2.23. The van der Waals surface area contributed by atoms with Crippen molar-refractivity contribution in [3.8, 4) is 5.75 Å². The first-order valence-corrected chi connectivity index (χ1v) is 8.57. The number of amides is 2. The van der Waals surface area contributed by atoms with E-state index < -0.39 is 0 Å². The van der Waals surface area contributed by atoms with Crippen molar-refractivity contribution in [2.45, 2.75) is 20.3 Å². The maximum Gasteiger partial charge on any atom is 0.320 e. The van der Waals surface area contributed by atoms with Crippen molar-refractivity contribution in [3.63, 3.8) is 0 Å². The van der Waals surface area contributed by atoms with Crippen LogP contribution in [0.25, 0.3) is 0 Å². The number of hydrogen-bond acceptors (Lipinski definition) is 3. The van der Waals surface area contributed by atoms with Crippen LogP contribution in [0.3, 0.4) is 0 Å². The third-order valence-corrected chi connectivity index (χ3v) is 4.57. The van der Waals surface area contributed by atoms with Crippen molar-refractivity contribution < 1.29 is 9.53 Å². The first-order valence-electron chi connectivity index (χ1n) is 8.57. The lowest BCUT2D eigenvalue weighted by atomic mass is 10.1. The van der Waals surface area contributed by atoms with Crippen LogP contribution in [0.1, 0.15) is 19.4 Å². The number of piperazine rings is 1. The Hall–Kier alpha value is -1.75. The van der Waals surface area contributed by atoms with Crippen LogP contribution in [0.5, 0.6) is 5.75 Å². The van der Waals surface area contributed by atoms with Gasteiger partial charge in [-0.1, -0.05) is 18.2 Å². The topological polar surface area (TPSA) is 36.0 Å². The Morgan fingerprint density at radius 1 is 1.13 bits per heavy atom. The van der Waals surface area contributed by atoms with Crippen LogP contribution < -0.4 is 4.74 Å². The van der Waals surface area contributed by atoms with Crippen LogP contribution in [-0.4, -0.2) is 73.7 Å². The van der Waals surface area contributed by atoms with Crippen LogP contribution in [-0.2, 0) is 6.42 Å². The fraction of sp³-hybridized carbons (Fsp3) is 0.611. The Balaban J connectivity index is 1.80. The van der Waals surface area contributed by atoms with Gasteiger partial charge in [0.05, 0.1) is 7.11 Å². The molecule has 1 aromatic rings. The summed E-state index contributed by atoms with van der Waals surface area (Å²) in [4.78, 5) is 18.6. The van der Waals surface area contributed by atoms with Gasteiger partial charge in [-0.25, -0.2) is 4.79 Å². The number of para-hydroxylation sites is 1. The maximum absolute atomic E-state index is 12.3. The van der Waals surface area contributed by atoms with Gasteiger partial charge in [0.25, 0.3) is 0 Å². The van der Waals surface area contributed by atoms with Crippen LogP contribution in [0.2, 0.25) is 0 Å². The smallest absolute Gasteiger partial charge is 0.320 e. The molecule has 1 heterocycles. The molecular weight excluding hydrogens is 290 g/mol. The molecule has 0 aliphatic carbocycles. The zero-order valence-corrected chi connectivity index (χ0v) is 14.6. The Bertz CT molecular complexity index is 495. The molecule has 0 atom stereocenters. The number of benzene rings is 1. The molecule has 2 rings (SSSR count). The Labute approximate surface area is 139 Å². The van der Waals surface area contributed by atoms with Crippen molar-refractivity contribution in [2.24, 2.45) is 0 Å². The van der Waals surface area contributed by atoms with Gasteiger partial charge in [0, 0.05) is 45.8 Å². The van der Waals surface area contributed by atoms with Gasteiger partial charge in [-0.3, -0.25) is 4.90 Å². The molecule has 0 unspecified atom stereocenters. The number of ether oxygens (including phenoxy) is 1. The van der Waals surface area contributed by atoms with Gasteiger partial charge in [-0.2, -0.15) is 0 Å². The standard InChI is InChI=1S/C18H29N3O2/c1-4-20(5-2)18(22)21-14-12-19(13-15-21)11-10-16-8-6-7-9-17(16)23-3/h6-9H,4-5,10-15H2,1-3H3. The summed E-state index contributed by atoms with van der Waals surface area (Å²) in [7, 11) is 1.72. The average molecular weight is 319 g/mol. The van der Waals surface area contributed by atoms with Crippen LogP contribution in [0.4, 0.5) is 4.79 Å². The predicted octanol–water partition coefficient (Wildman–Crippen LogP) is 2.32. The molecular formula is C18H29N3O2. The number of carbonyl (C=O) groups is 1. The van der Waals surface area contributed by atoms with E-state index in [0.717, 1.165) is 58.0 Å². The van der Waals surface area contributed by atoms with Crippen LogP contribution in [0, 0.1) is 0 Å². The molecule has 23 heavy (non-hydrogen) atoms. The molecule has 1 saturated heterocycles. The Morgan fingerprint density at radius 3 is 2.39 bits per heavy atom. The van der Waals surface area contributed by atoms with Gasteiger partial charge >= 0.3 is 6.03 Å². The Kier molecular flexibility index (Phi) is 6.71. The molecule has 5 heteroatoms. The summed E-state index contributed by atoms with van der Waals surface area (Å²) in [5.41, 5.74) is 1.25. The predicted molar refractivity (Wildman–Crippen MR) is 93.0 cm³/mol. The van der Waals surface area contributed by atoms with Gasteiger partial charge in [-0.05, 0) is 31.9 Å². The van der Waals surface area contributed by atoms with Crippen LogP contribution in [0.15, 0.2) is 24.3 Å². The number of carbonyl (C=O) groups excluding carboxylic acids is 1. The fourth-order valence-corrected chi connectivity index (χ4v) is 3.04. The lowest BCUT2D eigenvalue weighted by Crippen LogP contribution is -2.53. The molecule has 1 aliphatic rings. The molecule has 5 nitrogen and oxygen atoms in total. The number of nitrogens with zero attached hydrogens (tertiary/aromatic N) is 3. The quantitative estimate of drug-likeness (QED) is 0.807. The number of hydrogen-bond donors (Lipinski definition) is 0. The molecule has 0 bridgehead atoms. The fourth-order valence-electron chi connectivity index (χ4n) is 3.04.